The number of Topliss-reactive ketones (excluding diaryl/α,β-unsaturated/α-hetero) is 1. The van der Waals surface area contributed by atoms with Crippen LogP contribution in [0.25, 0.3) is 5.76 Å². The number of carbonyl (C=O) groups excluding carboxylic acids is 3. The molecule has 0 unspecified atom stereocenters. The summed E-state index contributed by atoms with van der Waals surface area (Å²) in [5.41, 5.74) is -0.638. The number of hydrogen-bond acceptors (Lipinski definition) is 7. The van der Waals surface area contributed by atoms with Crippen LogP contribution >= 0.6 is 0 Å². The SMILES string of the molecule is C=CCN1C(=O)[C@]2(C(=C(O)c3ccc(OCC)cc3)C(=O)C(=O)N2CCN2CCOCC2)c2ccccc21. The van der Waals surface area contributed by atoms with Crippen molar-refractivity contribution in [3.8, 4) is 5.75 Å². The molecule has 0 saturated carbocycles. The van der Waals surface area contributed by atoms with E-state index in [-0.39, 0.29) is 18.7 Å². The Kier molecular flexibility index (Phi) is 7.05. The van der Waals surface area contributed by atoms with E-state index >= 15 is 0 Å². The Balaban J connectivity index is 1.68. The summed E-state index contributed by atoms with van der Waals surface area (Å²) in [7, 11) is 0. The van der Waals surface area contributed by atoms with Crippen molar-refractivity contribution in [2.75, 3.05) is 57.4 Å². The molecule has 2 fully saturated rings. The van der Waals surface area contributed by atoms with Crippen LogP contribution in [0.1, 0.15) is 18.1 Å². The third kappa shape index (κ3) is 3.99. The second-order valence-electron chi connectivity index (χ2n) is 9.35. The van der Waals surface area contributed by atoms with E-state index in [1.807, 2.05) is 6.92 Å². The second kappa shape index (κ2) is 10.4. The molecule has 9 heteroatoms. The lowest BCUT2D eigenvalue weighted by atomic mass is 9.82. The van der Waals surface area contributed by atoms with Crippen LogP contribution in [0.15, 0.2) is 66.8 Å². The van der Waals surface area contributed by atoms with Gasteiger partial charge in [0.2, 0.25) is 0 Å². The Morgan fingerprint density at radius 2 is 1.79 bits per heavy atom. The van der Waals surface area contributed by atoms with Crippen LogP contribution in [0.3, 0.4) is 0 Å². The fourth-order valence-electron chi connectivity index (χ4n) is 5.56. The summed E-state index contributed by atoms with van der Waals surface area (Å²) in [6, 6.07) is 13.7. The van der Waals surface area contributed by atoms with Gasteiger partial charge in [-0.3, -0.25) is 19.3 Å². The number of fused-ring (bicyclic) bond motifs is 2. The third-order valence-electron chi connectivity index (χ3n) is 7.30. The van der Waals surface area contributed by atoms with E-state index in [0.717, 1.165) is 0 Å². The topological polar surface area (TPSA) is 99.6 Å². The molecule has 2 saturated heterocycles. The predicted molar refractivity (Wildman–Crippen MR) is 142 cm³/mol. The van der Waals surface area contributed by atoms with Crippen molar-refractivity contribution in [3.63, 3.8) is 0 Å². The minimum atomic E-state index is -1.79. The van der Waals surface area contributed by atoms with Crippen LogP contribution < -0.4 is 9.64 Å². The summed E-state index contributed by atoms with van der Waals surface area (Å²) >= 11 is 0. The molecule has 3 heterocycles. The molecule has 1 N–H and O–H groups in total. The summed E-state index contributed by atoms with van der Waals surface area (Å²) < 4.78 is 10.9. The van der Waals surface area contributed by atoms with Crippen LogP contribution in [0.5, 0.6) is 5.75 Å². The summed E-state index contributed by atoms with van der Waals surface area (Å²) in [5.74, 6) is -1.96. The van der Waals surface area contributed by atoms with Crippen molar-refractivity contribution in [2.45, 2.75) is 12.5 Å². The molecule has 2 aromatic carbocycles. The maximum absolute atomic E-state index is 14.3. The number of rotatable bonds is 8. The van der Waals surface area contributed by atoms with Crippen molar-refractivity contribution < 1.29 is 29.0 Å². The molecule has 38 heavy (non-hydrogen) atoms. The highest BCUT2D eigenvalue weighted by Crippen LogP contribution is 2.53. The lowest BCUT2D eigenvalue weighted by molar-refractivity contribution is -0.144. The maximum Gasteiger partial charge on any atom is 0.296 e. The van der Waals surface area contributed by atoms with Gasteiger partial charge in [-0.25, -0.2) is 0 Å². The molecule has 0 radical (unpaired) electrons. The maximum atomic E-state index is 14.3. The molecule has 1 spiro atoms. The number of aliphatic hydroxyl groups is 1. The number of nitrogens with zero attached hydrogens (tertiary/aromatic N) is 3. The number of amides is 2. The van der Waals surface area contributed by atoms with Gasteiger partial charge in [0.1, 0.15) is 11.5 Å². The molecule has 3 aliphatic heterocycles. The van der Waals surface area contributed by atoms with Crippen LogP contribution in [0.2, 0.25) is 0 Å². The van der Waals surface area contributed by atoms with Crippen molar-refractivity contribution >= 4 is 29.0 Å². The average Bonchev–Trinajstić information content (AvgIpc) is 3.31. The number of carbonyl (C=O) groups is 3. The molecular weight excluding hydrogens is 486 g/mol. The van der Waals surface area contributed by atoms with Crippen molar-refractivity contribution in [1.82, 2.24) is 9.80 Å². The largest absolute Gasteiger partial charge is 0.507 e. The number of aliphatic hydroxyl groups excluding tert-OH is 1. The van der Waals surface area contributed by atoms with Crippen LogP contribution in [-0.4, -0.2) is 85.0 Å². The van der Waals surface area contributed by atoms with Gasteiger partial charge in [-0.15, -0.1) is 6.58 Å². The molecule has 9 nitrogen and oxygen atoms in total. The highest BCUT2D eigenvalue weighted by molar-refractivity contribution is 6.50. The van der Waals surface area contributed by atoms with E-state index < -0.39 is 28.9 Å². The van der Waals surface area contributed by atoms with E-state index in [9.17, 15) is 19.5 Å². The monoisotopic (exact) mass is 517 g/mol. The minimum absolute atomic E-state index is 0.132. The van der Waals surface area contributed by atoms with Gasteiger partial charge in [-0.05, 0) is 37.3 Å². The lowest BCUT2D eigenvalue weighted by Gasteiger charge is -2.36. The number of anilines is 1. The van der Waals surface area contributed by atoms with Gasteiger partial charge < -0.3 is 24.4 Å². The van der Waals surface area contributed by atoms with Gasteiger partial charge in [0.15, 0.2) is 5.54 Å². The first-order chi connectivity index (χ1) is 18.4. The number of likely N-dealkylation sites (tertiary alicyclic amines) is 1. The molecule has 1 atom stereocenters. The summed E-state index contributed by atoms with van der Waals surface area (Å²) in [5, 5.41) is 11.6. The molecule has 0 bridgehead atoms. The van der Waals surface area contributed by atoms with E-state index in [1.165, 1.54) is 9.80 Å². The Morgan fingerprint density at radius 3 is 2.47 bits per heavy atom. The van der Waals surface area contributed by atoms with E-state index in [2.05, 4.69) is 11.5 Å². The van der Waals surface area contributed by atoms with E-state index in [1.54, 1.807) is 54.6 Å². The second-order valence-corrected chi connectivity index (χ2v) is 9.35. The molecule has 198 valence electrons. The van der Waals surface area contributed by atoms with Crippen LogP contribution in [0, 0.1) is 0 Å². The van der Waals surface area contributed by atoms with Gasteiger partial charge in [0.05, 0.1) is 31.1 Å². The fourth-order valence-corrected chi connectivity index (χ4v) is 5.56. The Hall–Kier alpha value is -3.95. The normalized spacial score (nSPS) is 22.8. The first kappa shape index (κ1) is 25.7. The molecule has 3 aliphatic rings. The molecule has 0 aliphatic carbocycles. The van der Waals surface area contributed by atoms with E-state index in [0.29, 0.717) is 62.0 Å². The molecule has 2 amide bonds. The van der Waals surface area contributed by atoms with Crippen molar-refractivity contribution in [2.24, 2.45) is 0 Å². The van der Waals surface area contributed by atoms with Gasteiger partial charge in [-0.2, -0.15) is 0 Å². The average molecular weight is 518 g/mol. The third-order valence-corrected chi connectivity index (χ3v) is 7.30. The van der Waals surface area contributed by atoms with E-state index in [4.69, 9.17) is 9.47 Å². The standard InChI is InChI=1S/C29H31N3O6/c1-3-13-31-23-8-6-5-7-22(23)29(28(31)36)24(25(33)20-9-11-21(12-10-20)38-4-2)26(34)27(35)32(29)15-14-30-16-18-37-19-17-30/h3,5-12,33H,1,4,13-19H2,2H3/t29-/m1/s1. The van der Waals surface area contributed by atoms with Crippen LogP contribution in [0.4, 0.5) is 5.69 Å². The van der Waals surface area contributed by atoms with Crippen LogP contribution in [-0.2, 0) is 24.7 Å². The number of ketones is 1. The number of morpholine rings is 1. The van der Waals surface area contributed by atoms with Crippen molar-refractivity contribution in [1.29, 1.82) is 0 Å². The quantitative estimate of drug-likeness (QED) is 0.249. The number of benzene rings is 2. The lowest BCUT2D eigenvalue weighted by Crippen LogP contribution is -2.54. The summed E-state index contributed by atoms with van der Waals surface area (Å²) in [4.78, 5) is 46.6. The Bertz CT molecular complexity index is 1300. The number of hydrogen-bond donors (Lipinski definition) is 1. The predicted octanol–water partition coefficient (Wildman–Crippen LogP) is 2.53. The zero-order valence-corrected chi connectivity index (χ0v) is 21.4. The zero-order valence-electron chi connectivity index (χ0n) is 21.4. The van der Waals surface area contributed by atoms with Crippen molar-refractivity contribution in [3.05, 3.63) is 77.9 Å². The zero-order chi connectivity index (χ0) is 26.9. The minimum Gasteiger partial charge on any atom is -0.507 e. The Labute approximate surface area is 221 Å². The highest BCUT2D eigenvalue weighted by atomic mass is 16.5. The van der Waals surface area contributed by atoms with Gasteiger partial charge in [0, 0.05) is 43.9 Å². The highest BCUT2D eigenvalue weighted by Gasteiger charge is 2.66. The number of para-hydroxylation sites is 1. The first-order valence-corrected chi connectivity index (χ1v) is 12.8. The summed E-state index contributed by atoms with van der Waals surface area (Å²) in [6.07, 6.45) is 1.60. The van der Waals surface area contributed by atoms with Gasteiger partial charge in [0.25, 0.3) is 17.6 Å². The smallest absolute Gasteiger partial charge is 0.296 e. The molecule has 2 aromatic rings. The number of ether oxygens (including phenoxy) is 2. The fraction of sp³-hybridized carbons (Fsp3) is 0.345. The van der Waals surface area contributed by atoms with Gasteiger partial charge in [-0.1, -0.05) is 24.3 Å². The summed E-state index contributed by atoms with van der Waals surface area (Å²) in [6.45, 7) is 9.45. The molecule has 0 aromatic heterocycles. The Morgan fingerprint density at radius 1 is 1.08 bits per heavy atom. The van der Waals surface area contributed by atoms with Gasteiger partial charge >= 0.3 is 0 Å². The molecular formula is C29H31N3O6. The molecule has 5 rings (SSSR count). The first-order valence-electron chi connectivity index (χ1n) is 12.8.